The van der Waals surface area contributed by atoms with Gasteiger partial charge in [0.25, 0.3) is 11.8 Å². The van der Waals surface area contributed by atoms with Gasteiger partial charge in [-0.1, -0.05) is 45.0 Å². The molecule has 1 aromatic heterocycles. The summed E-state index contributed by atoms with van der Waals surface area (Å²) in [5.41, 5.74) is 4.62. The molecule has 0 unspecified atom stereocenters. The number of amides is 2. The van der Waals surface area contributed by atoms with Crippen LogP contribution in [-0.4, -0.2) is 35.3 Å². The summed E-state index contributed by atoms with van der Waals surface area (Å²) in [6.45, 7) is 7.49. The molecule has 0 aliphatic heterocycles. The van der Waals surface area contributed by atoms with Gasteiger partial charge in [-0.05, 0) is 64.9 Å². The van der Waals surface area contributed by atoms with E-state index < -0.39 is 0 Å². The van der Waals surface area contributed by atoms with Gasteiger partial charge in [-0.25, -0.2) is 0 Å². The number of nitrogens with zero attached hydrogens (tertiary/aromatic N) is 2. The van der Waals surface area contributed by atoms with Crippen LogP contribution in [0.3, 0.4) is 0 Å². The van der Waals surface area contributed by atoms with E-state index in [9.17, 15) is 9.59 Å². The maximum Gasteiger partial charge on any atom is 0.253 e. The van der Waals surface area contributed by atoms with Crippen molar-refractivity contribution in [1.82, 2.24) is 15.2 Å². The first-order valence-corrected chi connectivity index (χ1v) is 10.9. The van der Waals surface area contributed by atoms with Crippen LogP contribution in [0.25, 0.3) is 0 Å². The van der Waals surface area contributed by atoms with Gasteiger partial charge in [-0.3, -0.25) is 14.6 Å². The summed E-state index contributed by atoms with van der Waals surface area (Å²) >= 11 is 0. The second-order valence-corrected chi connectivity index (χ2v) is 9.04. The molecule has 2 amide bonds. The predicted molar refractivity (Wildman–Crippen MR) is 128 cm³/mol. The molecule has 0 fully saturated rings. The fourth-order valence-corrected chi connectivity index (χ4v) is 3.34. The van der Waals surface area contributed by atoms with Gasteiger partial charge < -0.3 is 10.2 Å². The number of hydrogen-bond donors (Lipinski definition) is 1. The molecule has 0 saturated heterocycles. The molecular formula is C27H31N3O2. The molecular weight excluding hydrogens is 398 g/mol. The average Bonchev–Trinajstić information content (AvgIpc) is 2.81. The third-order valence-electron chi connectivity index (χ3n) is 5.50. The van der Waals surface area contributed by atoms with Crippen LogP contribution in [0.4, 0.5) is 0 Å². The Hall–Kier alpha value is -3.47. The van der Waals surface area contributed by atoms with Crippen molar-refractivity contribution in [3.8, 4) is 0 Å². The Kier molecular flexibility index (Phi) is 7.41. The van der Waals surface area contributed by atoms with E-state index in [1.807, 2.05) is 67.7 Å². The molecule has 0 saturated carbocycles. The van der Waals surface area contributed by atoms with Gasteiger partial charge >= 0.3 is 0 Å². The molecule has 5 heteroatoms. The maximum atomic E-state index is 12.7. The molecule has 166 valence electrons. The van der Waals surface area contributed by atoms with Crippen molar-refractivity contribution in [3.05, 3.63) is 101 Å². The quantitative estimate of drug-likeness (QED) is 0.596. The van der Waals surface area contributed by atoms with Crippen LogP contribution in [0.1, 0.15) is 58.2 Å². The number of carbonyl (C=O) groups is 2. The molecule has 0 atom stereocenters. The summed E-state index contributed by atoms with van der Waals surface area (Å²) in [6.07, 6.45) is 4.30. The van der Waals surface area contributed by atoms with E-state index in [1.54, 1.807) is 17.3 Å². The smallest absolute Gasteiger partial charge is 0.253 e. The fraction of sp³-hybridized carbons (Fsp3) is 0.296. The zero-order valence-electron chi connectivity index (χ0n) is 19.3. The molecule has 0 radical (unpaired) electrons. The van der Waals surface area contributed by atoms with Crippen LogP contribution in [0.5, 0.6) is 0 Å². The lowest BCUT2D eigenvalue weighted by Gasteiger charge is -2.19. The van der Waals surface area contributed by atoms with E-state index in [2.05, 4.69) is 31.1 Å². The molecule has 1 N–H and O–H groups in total. The molecule has 5 nitrogen and oxygen atoms in total. The third kappa shape index (κ3) is 6.27. The summed E-state index contributed by atoms with van der Waals surface area (Å²) in [5, 5.41) is 2.94. The first-order valence-electron chi connectivity index (χ1n) is 10.9. The largest absolute Gasteiger partial charge is 0.348 e. The summed E-state index contributed by atoms with van der Waals surface area (Å²) in [5.74, 6) is -0.130. The summed E-state index contributed by atoms with van der Waals surface area (Å²) in [7, 11) is 1.81. The summed E-state index contributed by atoms with van der Waals surface area (Å²) in [4.78, 5) is 30.9. The summed E-state index contributed by atoms with van der Waals surface area (Å²) < 4.78 is 0. The van der Waals surface area contributed by atoms with E-state index in [1.165, 1.54) is 5.56 Å². The monoisotopic (exact) mass is 429 g/mol. The average molecular weight is 430 g/mol. The summed E-state index contributed by atoms with van der Waals surface area (Å²) in [6, 6.07) is 19.0. The van der Waals surface area contributed by atoms with Gasteiger partial charge in [0.1, 0.15) is 0 Å². The molecule has 0 aliphatic carbocycles. The highest BCUT2D eigenvalue weighted by molar-refractivity contribution is 5.95. The number of hydrogen-bond acceptors (Lipinski definition) is 3. The second kappa shape index (κ2) is 10.2. The van der Waals surface area contributed by atoms with Crippen molar-refractivity contribution in [2.45, 2.75) is 39.2 Å². The van der Waals surface area contributed by atoms with Gasteiger partial charge in [0.2, 0.25) is 0 Å². The molecule has 3 rings (SSSR count). The number of carbonyl (C=O) groups excluding carboxylic acids is 2. The van der Waals surface area contributed by atoms with Crippen molar-refractivity contribution in [2.75, 3.05) is 13.6 Å². The lowest BCUT2D eigenvalue weighted by Crippen LogP contribution is -2.29. The Morgan fingerprint density at radius 2 is 1.44 bits per heavy atom. The lowest BCUT2D eigenvalue weighted by atomic mass is 9.87. The molecule has 32 heavy (non-hydrogen) atoms. The van der Waals surface area contributed by atoms with Crippen LogP contribution in [0.2, 0.25) is 0 Å². The number of aromatic nitrogens is 1. The lowest BCUT2D eigenvalue weighted by molar-refractivity contribution is 0.0796. The molecule has 0 bridgehead atoms. The van der Waals surface area contributed by atoms with E-state index in [4.69, 9.17) is 0 Å². The molecule has 2 aromatic carbocycles. The van der Waals surface area contributed by atoms with E-state index >= 15 is 0 Å². The van der Waals surface area contributed by atoms with Gasteiger partial charge in [0, 0.05) is 43.7 Å². The van der Waals surface area contributed by atoms with Gasteiger partial charge in [-0.15, -0.1) is 0 Å². The van der Waals surface area contributed by atoms with Gasteiger partial charge in [0.15, 0.2) is 0 Å². The van der Waals surface area contributed by atoms with E-state index in [-0.39, 0.29) is 17.2 Å². The molecule has 1 heterocycles. The molecule has 3 aromatic rings. The zero-order valence-corrected chi connectivity index (χ0v) is 19.3. The molecule has 0 spiro atoms. The number of rotatable bonds is 7. The number of likely N-dealkylation sites (N-methyl/N-ethyl adjacent to an activating group) is 1. The number of pyridine rings is 1. The predicted octanol–water partition coefficient (Wildman–Crippen LogP) is 4.62. The highest BCUT2D eigenvalue weighted by atomic mass is 16.2. The first-order chi connectivity index (χ1) is 15.2. The van der Waals surface area contributed by atoms with Crippen molar-refractivity contribution in [3.63, 3.8) is 0 Å². The Balaban J connectivity index is 1.51. The van der Waals surface area contributed by atoms with Crippen LogP contribution in [-0.2, 0) is 18.4 Å². The fourth-order valence-electron chi connectivity index (χ4n) is 3.34. The van der Waals surface area contributed by atoms with Crippen molar-refractivity contribution >= 4 is 11.8 Å². The Bertz CT molecular complexity index is 1040. The van der Waals surface area contributed by atoms with Crippen molar-refractivity contribution in [2.24, 2.45) is 0 Å². The highest BCUT2D eigenvalue weighted by Crippen LogP contribution is 2.22. The Morgan fingerprint density at radius 3 is 2.03 bits per heavy atom. The van der Waals surface area contributed by atoms with Crippen LogP contribution >= 0.6 is 0 Å². The third-order valence-corrected chi connectivity index (χ3v) is 5.50. The van der Waals surface area contributed by atoms with E-state index in [0.717, 1.165) is 17.5 Å². The van der Waals surface area contributed by atoms with Crippen molar-refractivity contribution in [1.29, 1.82) is 0 Å². The minimum absolute atomic E-state index is 0.0198. The number of nitrogens with one attached hydrogen (secondary N) is 1. The first kappa shape index (κ1) is 23.2. The highest BCUT2D eigenvalue weighted by Gasteiger charge is 2.15. The standard InChI is InChI=1S/C27H31N3O2/c1-27(2,3)24-11-9-22(10-12-24)25(31)29-19-21-5-7-23(8-6-21)26(32)30(4)18-15-20-13-16-28-17-14-20/h5-14,16-17H,15,18-19H2,1-4H3,(H,29,31). The van der Waals surface area contributed by atoms with Gasteiger partial charge in [-0.2, -0.15) is 0 Å². The van der Waals surface area contributed by atoms with Crippen LogP contribution < -0.4 is 5.32 Å². The Morgan fingerprint density at radius 1 is 0.844 bits per heavy atom. The van der Waals surface area contributed by atoms with E-state index in [0.29, 0.717) is 24.2 Å². The van der Waals surface area contributed by atoms with Crippen molar-refractivity contribution < 1.29 is 9.59 Å². The maximum absolute atomic E-state index is 12.7. The minimum Gasteiger partial charge on any atom is -0.348 e. The zero-order chi connectivity index (χ0) is 23.1. The topological polar surface area (TPSA) is 62.3 Å². The van der Waals surface area contributed by atoms with Gasteiger partial charge in [0.05, 0.1) is 0 Å². The normalized spacial score (nSPS) is 11.1. The van der Waals surface area contributed by atoms with Crippen LogP contribution in [0, 0.1) is 0 Å². The molecule has 0 aliphatic rings. The second-order valence-electron chi connectivity index (χ2n) is 9.04. The minimum atomic E-state index is -0.110. The Labute approximate surface area is 190 Å². The van der Waals surface area contributed by atoms with Crippen LogP contribution in [0.15, 0.2) is 73.1 Å². The number of benzene rings is 2. The SMILES string of the molecule is CN(CCc1ccncc1)C(=O)c1ccc(CNC(=O)c2ccc(C(C)(C)C)cc2)cc1.